The summed E-state index contributed by atoms with van der Waals surface area (Å²) in [7, 11) is -4.19. The number of halogens is 4. The number of benzene rings is 2. The molecule has 6 nitrogen and oxygen atoms in total. The van der Waals surface area contributed by atoms with Crippen LogP contribution in [-0.4, -0.2) is 38.7 Å². The van der Waals surface area contributed by atoms with E-state index in [-0.39, 0.29) is 27.1 Å². The summed E-state index contributed by atoms with van der Waals surface area (Å²) < 4.78 is 68.3. The van der Waals surface area contributed by atoms with Crippen molar-refractivity contribution in [3.8, 4) is 5.75 Å². The van der Waals surface area contributed by atoms with Crippen LogP contribution in [0.15, 0.2) is 47.4 Å². The lowest BCUT2D eigenvalue weighted by Gasteiger charge is -2.27. The van der Waals surface area contributed by atoms with Crippen LogP contribution in [0.4, 0.5) is 18.9 Å². The molecule has 1 N–H and O–H groups in total. The second-order valence-corrected chi connectivity index (χ2v) is 8.79. The minimum Gasteiger partial charge on any atom is -0.406 e. The van der Waals surface area contributed by atoms with Crippen molar-refractivity contribution >= 4 is 33.2 Å². The number of ether oxygens (including phenoxy) is 1. The number of carbonyl (C=O) groups is 1. The first kappa shape index (κ1) is 22.2. The summed E-state index contributed by atoms with van der Waals surface area (Å²) in [6, 6.07) is 7.97. The Morgan fingerprint density at radius 1 is 1.03 bits per heavy atom. The van der Waals surface area contributed by atoms with E-state index in [1.165, 1.54) is 18.2 Å². The number of hydrogen-bond donors (Lipinski definition) is 1. The highest BCUT2D eigenvalue weighted by molar-refractivity contribution is 7.92. The Hall–Kier alpha value is -2.46. The lowest BCUT2D eigenvalue weighted by atomic mass is 10.1. The molecule has 30 heavy (non-hydrogen) atoms. The second-order valence-electron chi connectivity index (χ2n) is 6.67. The zero-order valence-corrected chi connectivity index (χ0v) is 17.1. The normalized spacial score (nSPS) is 15.0. The van der Waals surface area contributed by atoms with Crippen molar-refractivity contribution in [2.75, 3.05) is 17.8 Å². The van der Waals surface area contributed by atoms with Crippen molar-refractivity contribution in [3.63, 3.8) is 0 Å². The molecule has 0 spiro atoms. The summed E-state index contributed by atoms with van der Waals surface area (Å²) in [6.45, 7) is 1.16. The van der Waals surface area contributed by atoms with Gasteiger partial charge in [0.05, 0.1) is 16.1 Å². The summed E-state index contributed by atoms with van der Waals surface area (Å²) in [4.78, 5) is 14.2. The largest absolute Gasteiger partial charge is 0.573 e. The Labute approximate surface area is 176 Å². The molecule has 2 aromatic carbocycles. The van der Waals surface area contributed by atoms with Crippen molar-refractivity contribution in [2.45, 2.75) is 30.5 Å². The van der Waals surface area contributed by atoms with Gasteiger partial charge in [-0.1, -0.05) is 11.6 Å². The third-order valence-corrected chi connectivity index (χ3v) is 6.08. The monoisotopic (exact) mass is 462 g/mol. The van der Waals surface area contributed by atoms with Gasteiger partial charge in [-0.2, -0.15) is 0 Å². The van der Waals surface area contributed by atoms with Gasteiger partial charge in [0.15, 0.2) is 0 Å². The molecule has 162 valence electrons. The van der Waals surface area contributed by atoms with E-state index in [0.29, 0.717) is 13.1 Å². The molecule has 11 heteroatoms. The van der Waals surface area contributed by atoms with Gasteiger partial charge < -0.3 is 9.64 Å². The second kappa shape index (κ2) is 8.73. The van der Waals surface area contributed by atoms with Gasteiger partial charge in [-0.25, -0.2) is 8.42 Å². The lowest BCUT2D eigenvalue weighted by molar-refractivity contribution is -0.274. The highest BCUT2D eigenvalue weighted by atomic mass is 35.5. The smallest absolute Gasteiger partial charge is 0.406 e. The van der Waals surface area contributed by atoms with E-state index < -0.39 is 22.1 Å². The van der Waals surface area contributed by atoms with Crippen LogP contribution in [0.3, 0.4) is 0 Å². The van der Waals surface area contributed by atoms with Crippen molar-refractivity contribution in [1.82, 2.24) is 4.90 Å². The van der Waals surface area contributed by atoms with E-state index >= 15 is 0 Å². The van der Waals surface area contributed by atoms with Crippen LogP contribution >= 0.6 is 11.6 Å². The highest BCUT2D eigenvalue weighted by Crippen LogP contribution is 2.28. The topological polar surface area (TPSA) is 75.7 Å². The highest BCUT2D eigenvalue weighted by Gasteiger charge is 2.31. The van der Waals surface area contributed by atoms with E-state index in [4.69, 9.17) is 11.6 Å². The van der Waals surface area contributed by atoms with Crippen LogP contribution in [0.25, 0.3) is 0 Å². The third kappa shape index (κ3) is 5.57. The summed E-state index contributed by atoms with van der Waals surface area (Å²) in [5.74, 6) is -0.872. The maximum atomic E-state index is 12.9. The first-order valence-electron chi connectivity index (χ1n) is 9.03. The fourth-order valence-electron chi connectivity index (χ4n) is 3.08. The van der Waals surface area contributed by atoms with Crippen molar-refractivity contribution in [3.05, 3.63) is 53.1 Å². The molecule has 0 aromatic heterocycles. The molecule has 1 fully saturated rings. The predicted molar refractivity (Wildman–Crippen MR) is 105 cm³/mol. The Kier molecular flexibility index (Phi) is 6.47. The van der Waals surface area contributed by atoms with E-state index in [9.17, 15) is 26.4 Å². The summed E-state index contributed by atoms with van der Waals surface area (Å²) >= 11 is 5.98. The number of alkyl halides is 3. The Morgan fingerprint density at radius 3 is 2.27 bits per heavy atom. The fraction of sp³-hybridized carbons (Fsp3) is 0.316. The molecule has 1 amide bonds. The van der Waals surface area contributed by atoms with Gasteiger partial charge in [0.2, 0.25) is 0 Å². The molecule has 0 aliphatic carbocycles. The number of sulfonamides is 1. The quantitative estimate of drug-likeness (QED) is 0.701. The maximum absolute atomic E-state index is 12.9. The zero-order chi connectivity index (χ0) is 21.9. The van der Waals surface area contributed by atoms with Gasteiger partial charge in [-0.05, 0) is 61.7 Å². The van der Waals surface area contributed by atoms with Gasteiger partial charge in [-0.15, -0.1) is 13.2 Å². The van der Waals surface area contributed by atoms with Crippen LogP contribution < -0.4 is 9.46 Å². The molecule has 1 heterocycles. The van der Waals surface area contributed by atoms with Crippen LogP contribution in [0.2, 0.25) is 5.02 Å². The first-order valence-corrected chi connectivity index (χ1v) is 10.9. The SMILES string of the molecule is O=C(c1ccc(Cl)cc1NS(=O)(=O)c1ccc(OC(F)(F)F)cc1)N1CCCCC1. The number of hydrogen-bond acceptors (Lipinski definition) is 4. The molecule has 0 saturated carbocycles. The molecule has 0 bridgehead atoms. The minimum atomic E-state index is -4.89. The van der Waals surface area contributed by atoms with Crippen molar-refractivity contribution in [2.24, 2.45) is 0 Å². The number of amides is 1. The van der Waals surface area contributed by atoms with Gasteiger partial charge in [0.1, 0.15) is 5.75 Å². The standard InChI is InChI=1S/C19H18ClF3N2O4S/c20-13-4-9-16(18(26)25-10-2-1-3-11-25)17(12-13)24-30(27,28)15-7-5-14(6-8-15)29-19(21,22)23/h4-9,12,24H,1-3,10-11H2. The number of likely N-dealkylation sites (tertiary alicyclic amines) is 1. The van der Waals surface area contributed by atoms with E-state index in [0.717, 1.165) is 43.5 Å². The predicted octanol–water partition coefficient (Wildman–Crippen LogP) is 4.67. The van der Waals surface area contributed by atoms with E-state index in [1.54, 1.807) is 4.90 Å². The van der Waals surface area contributed by atoms with Crippen LogP contribution in [0.1, 0.15) is 29.6 Å². The maximum Gasteiger partial charge on any atom is 0.573 e. The Bertz CT molecular complexity index is 1020. The Morgan fingerprint density at radius 2 is 1.67 bits per heavy atom. The molecular formula is C19H18ClF3N2O4S. The number of nitrogens with one attached hydrogen (secondary N) is 1. The molecule has 1 saturated heterocycles. The zero-order valence-electron chi connectivity index (χ0n) is 15.6. The van der Waals surface area contributed by atoms with Gasteiger partial charge in [0, 0.05) is 18.1 Å². The van der Waals surface area contributed by atoms with Crippen LogP contribution in [0, 0.1) is 0 Å². The summed E-state index contributed by atoms with van der Waals surface area (Å²) in [6.07, 6.45) is -2.12. The molecule has 0 unspecified atom stereocenters. The fourth-order valence-corrected chi connectivity index (χ4v) is 4.32. The minimum absolute atomic E-state index is 0.00584. The van der Waals surface area contributed by atoms with Crippen LogP contribution in [0.5, 0.6) is 5.75 Å². The van der Waals surface area contributed by atoms with Crippen molar-refractivity contribution in [1.29, 1.82) is 0 Å². The molecule has 1 aliphatic heterocycles. The molecular weight excluding hydrogens is 445 g/mol. The van der Waals surface area contributed by atoms with Gasteiger partial charge in [0.25, 0.3) is 15.9 Å². The summed E-state index contributed by atoms with van der Waals surface area (Å²) in [5.41, 5.74) is 0.135. The van der Waals surface area contributed by atoms with Gasteiger partial charge >= 0.3 is 6.36 Å². The van der Waals surface area contributed by atoms with Crippen LogP contribution in [-0.2, 0) is 10.0 Å². The lowest BCUT2D eigenvalue weighted by Crippen LogP contribution is -2.36. The Balaban J connectivity index is 1.85. The molecule has 2 aromatic rings. The number of rotatable bonds is 5. The van der Waals surface area contributed by atoms with E-state index in [2.05, 4.69) is 9.46 Å². The average Bonchev–Trinajstić information content (AvgIpc) is 2.67. The number of nitrogens with zero attached hydrogens (tertiary/aromatic N) is 1. The molecule has 3 rings (SSSR count). The first-order chi connectivity index (χ1) is 14.0. The number of anilines is 1. The average molecular weight is 463 g/mol. The molecule has 0 radical (unpaired) electrons. The molecule has 1 aliphatic rings. The number of piperidine rings is 1. The number of carbonyl (C=O) groups excluding carboxylic acids is 1. The molecule has 0 atom stereocenters. The van der Waals surface area contributed by atoms with E-state index in [1.807, 2.05) is 0 Å². The summed E-state index contributed by atoms with van der Waals surface area (Å²) in [5, 5.41) is 0.219. The third-order valence-electron chi connectivity index (χ3n) is 4.47. The van der Waals surface area contributed by atoms with Gasteiger partial charge in [-0.3, -0.25) is 9.52 Å². The van der Waals surface area contributed by atoms with Crippen molar-refractivity contribution < 1.29 is 31.1 Å².